The van der Waals surface area contributed by atoms with Gasteiger partial charge in [-0.25, -0.2) is 4.40 Å². The SMILES string of the molecule is Cc1ccc(C)c(C=NSC(C)(C)C)c1. The topological polar surface area (TPSA) is 12.4 Å². The van der Waals surface area contributed by atoms with Crippen LogP contribution >= 0.6 is 11.9 Å². The number of aryl methyl sites for hydroxylation is 2. The van der Waals surface area contributed by atoms with Crippen molar-refractivity contribution < 1.29 is 0 Å². The predicted molar refractivity (Wildman–Crippen MR) is 70.9 cm³/mol. The Bertz CT molecular complexity index is 361. The summed E-state index contributed by atoms with van der Waals surface area (Å²) in [7, 11) is 0. The molecule has 0 bridgehead atoms. The van der Waals surface area contributed by atoms with E-state index in [1.807, 2.05) is 6.21 Å². The molecule has 0 aromatic heterocycles. The van der Waals surface area contributed by atoms with Gasteiger partial charge in [-0.1, -0.05) is 23.8 Å². The fraction of sp³-hybridized carbons (Fsp3) is 0.462. The summed E-state index contributed by atoms with van der Waals surface area (Å²) in [5.74, 6) is 0. The lowest BCUT2D eigenvalue weighted by atomic mass is 10.1. The summed E-state index contributed by atoms with van der Waals surface area (Å²) in [6, 6.07) is 6.43. The van der Waals surface area contributed by atoms with Crippen molar-refractivity contribution in [3.05, 3.63) is 34.9 Å². The Hall–Kier alpha value is -0.760. The molecule has 82 valence electrons. The first-order valence-corrected chi connectivity index (χ1v) is 5.95. The molecule has 0 fully saturated rings. The Kier molecular flexibility index (Phi) is 3.97. The molecule has 0 heterocycles. The highest BCUT2D eigenvalue weighted by Crippen LogP contribution is 2.24. The first-order chi connectivity index (χ1) is 6.88. The highest BCUT2D eigenvalue weighted by molar-refractivity contribution is 7.99. The van der Waals surface area contributed by atoms with E-state index in [4.69, 9.17) is 0 Å². The van der Waals surface area contributed by atoms with Crippen LogP contribution in [0.3, 0.4) is 0 Å². The molecule has 1 nitrogen and oxygen atoms in total. The van der Waals surface area contributed by atoms with E-state index in [0.29, 0.717) is 0 Å². The minimum Gasteiger partial charge on any atom is -0.223 e. The van der Waals surface area contributed by atoms with Gasteiger partial charge in [0, 0.05) is 11.0 Å². The van der Waals surface area contributed by atoms with Crippen LogP contribution in [0, 0.1) is 13.8 Å². The van der Waals surface area contributed by atoms with Crippen LogP contribution in [0.5, 0.6) is 0 Å². The molecule has 1 rings (SSSR count). The fourth-order valence-electron chi connectivity index (χ4n) is 1.14. The summed E-state index contributed by atoms with van der Waals surface area (Å²) in [5.41, 5.74) is 3.77. The lowest BCUT2D eigenvalue weighted by Gasteiger charge is -2.12. The van der Waals surface area contributed by atoms with E-state index in [1.54, 1.807) is 11.9 Å². The molecule has 0 amide bonds. The summed E-state index contributed by atoms with van der Waals surface area (Å²) in [6.07, 6.45) is 1.96. The second-order valence-electron chi connectivity index (χ2n) is 4.80. The zero-order chi connectivity index (χ0) is 11.5. The molecule has 0 N–H and O–H groups in total. The zero-order valence-corrected chi connectivity index (χ0v) is 11.0. The molecular weight excluding hydrogens is 202 g/mol. The summed E-state index contributed by atoms with van der Waals surface area (Å²) in [4.78, 5) is 0. The van der Waals surface area contributed by atoms with Crippen molar-refractivity contribution in [2.75, 3.05) is 0 Å². The molecule has 0 atom stereocenters. The number of nitrogens with zero attached hydrogens (tertiary/aromatic N) is 1. The molecule has 0 saturated heterocycles. The van der Waals surface area contributed by atoms with Gasteiger partial charge in [0.1, 0.15) is 0 Å². The third-order valence-corrected chi connectivity index (χ3v) is 2.71. The van der Waals surface area contributed by atoms with Gasteiger partial charge in [-0.2, -0.15) is 0 Å². The lowest BCUT2D eigenvalue weighted by molar-refractivity contribution is 0.804. The maximum absolute atomic E-state index is 4.41. The minimum atomic E-state index is 0.189. The Morgan fingerprint density at radius 2 is 1.87 bits per heavy atom. The van der Waals surface area contributed by atoms with Gasteiger partial charge in [0.15, 0.2) is 0 Å². The van der Waals surface area contributed by atoms with E-state index < -0.39 is 0 Å². The highest BCUT2D eigenvalue weighted by Gasteiger charge is 2.08. The van der Waals surface area contributed by atoms with Crippen LogP contribution < -0.4 is 0 Å². The molecule has 1 aromatic rings. The van der Waals surface area contributed by atoms with Crippen LogP contribution in [0.15, 0.2) is 22.6 Å². The number of hydrogen-bond donors (Lipinski definition) is 0. The molecule has 0 aliphatic carbocycles. The van der Waals surface area contributed by atoms with Gasteiger partial charge in [-0.3, -0.25) is 0 Å². The van der Waals surface area contributed by atoms with Crippen LogP contribution in [0.25, 0.3) is 0 Å². The van der Waals surface area contributed by atoms with Gasteiger partial charge >= 0.3 is 0 Å². The van der Waals surface area contributed by atoms with E-state index in [1.165, 1.54) is 16.7 Å². The number of benzene rings is 1. The van der Waals surface area contributed by atoms with E-state index in [-0.39, 0.29) is 4.75 Å². The molecule has 0 aliphatic heterocycles. The van der Waals surface area contributed by atoms with Crippen molar-refractivity contribution in [3.63, 3.8) is 0 Å². The first-order valence-electron chi connectivity index (χ1n) is 5.17. The monoisotopic (exact) mass is 221 g/mol. The lowest BCUT2D eigenvalue weighted by Crippen LogP contribution is -2.05. The first kappa shape index (κ1) is 12.3. The molecule has 0 saturated carbocycles. The van der Waals surface area contributed by atoms with Crippen molar-refractivity contribution >= 4 is 18.2 Å². The minimum absolute atomic E-state index is 0.189. The molecule has 0 radical (unpaired) electrons. The smallest absolute Gasteiger partial charge is 0.0426 e. The Morgan fingerprint density at radius 1 is 1.20 bits per heavy atom. The quantitative estimate of drug-likeness (QED) is 0.539. The molecule has 0 unspecified atom stereocenters. The maximum atomic E-state index is 4.41. The largest absolute Gasteiger partial charge is 0.223 e. The van der Waals surface area contributed by atoms with Crippen LogP contribution in [0.2, 0.25) is 0 Å². The molecule has 1 aromatic carbocycles. The van der Waals surface area contributed by atoms with Gasteiger partial charge in [-0.15, -0.1) is 0 Å². The Morgan fingerprint density at radius 3 is 2.47 bits per heavy atom. The second-order valence-corrected chi connectivity index (χ2v) is 6.42. The second kappa shape index (κ2) is 4.84. The predicted octanol–water partition coefficient (Wildman–Crippen LogP) is 4.17. The molecule has 0 aliphatic rings. The number of rotatable bonds is 2. The van der Waals surface area contributed by atoms with E-state index >= 15 is 0 Å². The van der Waals surface area contributed by atoms with Crippen LogP contribution in [-0.2, 0) is 0 Å². The standard InChI is InChI=1S/C13H19NS/c1-10-6-7-11(2)12(8-10)9-14-15-13(3,4)5/h6-9H,1-5H3. The van der Waals surface area contributed by atoms with Crippen molar-refractivity contribution in [1.82, 2.24) is 0 Å². The van der Waals surface area contributed by atoms with Gasteiger partial charge in [-0.05, 0) is 57.7 Å². The van der Waals surface area contributed by atoms with Gasteiger partial charge in [0.25, 0.3) is 0 Å². The van der Waals surface area contributed by atoms with E-state index in [2.05, 4.69) is 57.2 Å². The van der Waals surface area contributed by atoms with Crippen LogP contribution in [0.1, 0.15) is 37.5 Å². The van der Waals surface area contributed by atoms with Crippen molar-refractivity contribution in [2.45, 2.75) is 39.4 Å². The van der Waals surface area contributed by atoms with Crippen molar-refractivity contribution in [1.29, 1.82) is 0 Å². The molecule has 0 spiro atoms. The molecular formula is C13H19NS. The summed E-state index contributed by atoms with van der Waals surface area (Å²) in [5, 5.41) is 0. The summed E-state index contributed by atoms with van der Waals surface area (Å²) >= 11 is 1.61. The Balaban J connectivity index is 2.76. The highest BCUT2D eigenvalue weighted by atomic mass is 32.2. The average molecular weight is 221 g/mol. The van der Waals surface area contributed by atoms with Gasteiger partial charge in [0.05, 0.1) is 0 Å². The summed E-state index contributed by atoms with van der Waals surface area (Å²) < 4.78 is 4.60. The number of hydrogen-bond acceptors (Lipinski definition) is 2. The van der Waals surface area contributed by atoms with E-state index in [0.717, 1.165) is 0 Å². The molecule has 2 heteroatoms. The average Bonchev–Trinajstić information content (AvgIpc) is 2.09. The third-order valence-electron chi connectivity index (χ3n) is 1.95. The summed E-state index contributed by atoms with van der Waals surface area (Å²) in [6.45, 7) is 10.7. The van der Waals surface area contributed by atoms with Crippen molar-refractivity contribution in [2.24, 2.45) is 4.40 Å². The van der Waals surface area contributed by atoms with Gasteiger partial charge < -0.3 is 0 Å². The van der Waals surface area contributed by atoms with Crippen LogP contribution in [-0.4, -0.2) is 11.0 Å². The maximum Gasteiger partial charge on any atom is 0.0426 e. The Labute approximate surface area is 97.1 Å². The normalized spacial score (nSPS) is 12.3. The third kappa shape index (κ3) is 4.52. The molecule has 15 heavy (non-hydrogen) atoms. The van der Waals surface area contributed by atoms with Gasteiger partial charge in [0.2, 0.25) is 0 Å². The fourth-order valence-corrected chi connectivity index (χ4v) is 1.62. The zero-order valence-electron chi connectivity index (χ0n) is 10.2. The van der Waals surface area contributed by atoms with Crippen LogP contribution in [0.4, 0.5) is 0 Å². The van der Waals surface area contributed by atoms with E-state index in [9.17, 15) is 0 Å². The van der Waals surface area contributed by atoms with Crippen molar-refractivity contribution in [3.8, 4) is 0 Å².